The Balaban J connectivity index is 1.64. The number of amides is 2. The van der Waals surface area contributed by atoms with Gasteiger partial charge in [-0.2, -0.15) is 0 Å². The lowest BCUT2D eigenvalue weighted by atomic mass is 9.95. The second-order valence-electron chi connectivity index (χ2n) is 6.64. The second-order valence-corrected chi connectivity index (χ2v) is 7.84. The summed E-state index contributed by atoms with van der Waals surface area (Å²) in [6.45, 7) is 3.99. The third-order valence-electron chi connectivity index (χ3n) is 4.81. The molecule has 0 aliphatic heterocycles. The molecule has 6 heteroatoms. The molecule has 2 heterocycles. The lowest BCUT2D eigenvalue weighted by Crippen LogP contribution is -2.42. The highest BCUT2D eigenvalue weighted by Crippen LogP contribution is 2.30. The van der Waals surface area contributed by atoms with Crippen LogP contribution in [0, 0.1) is 13.8 Å². The highest BCUT2D eigenvalue weighted by atomic mass is 32.1. The number of aromatic nitrogens is 1. The van der Waals surface area contributed by atoms with E-state index in [0.717, 1.165) is 28.3 Å². The zero-order valence-electron chi connectivity index (χ0n) is 14.8. The third-order valence-corrected chi connectivity index (χ3v) is 6.03. The van der Waals surface area contributed by atoms with Gasteiger partial charge in [0.1, 0.15) is 5.00 Å². The first-order valence-corrected chi connectivity index (χ1v) is 9.69. The van der Waals surface area contributed by atoms with E-state index in [1.165, 1.54) is 19.3 Å². The fourth-order valence-corrected chi connectivity index (χ4v) is 4.42. The number of aryl methyl sites for hydroxylation is 1. The SMILES string of the molecule is Cc1sc(-n2cccc2)c(C(=O)NCC(=O)NC2CCCCC2)c1C. The largest absolute Gasteiger partial charge is 0.352 e. The summed E-state index contributed by atoms with van der Waals surface area (Å²) in [6.07, 6.45) is 9.53. The monoisotopic (exact) mass is 359 g/mol. The molecule has 2 aromatic heterocycles. The number of thiophene rings is 1. The predicted octanol–water partition coefficient (Wildman–Crippen LogP) is 3.33. The molecule has 134 valence electrons. The maximum Gasteiger partial charge on any atom is 0.255 e. The molecule has 2 N–H and O–H groups in total. The molecule has 25 heavy (non-hydrogen) atoms. The van der Waals surface area contributed by atoms with E-state index in [-0.39, 0.29) is 24.4 Å². The molecule has 0 bridgehead atoms. The van der Waals surface area contributed by atoms with Crippen molar-refractivity contribution in [2.75, 3.05) is 6.54 Å². The Bertz CT molecular complexity index is 743. The minimum absolute atomic E-state index is 0.0226. The lowest BCUT2D eigenvalue weighted by Gasteiger charge is -2.22. The molecule has 0 saturated heterocycles. The van der Waals surface area contributed by atoms with Gasteiger partial charge in [-0.25, -0.2) is 0 Å². The molecule has 1 aliphatic rings. The predicted molar refractivity (Wildman–Crippen MR) is 100 cm³/mol. The Morgan fingerprint density at radius 2 is 1.84 bits per heavy atom. The Morgan fingerprint density at radius 3 is 2.52 bits per heavy atom. The first kappa shape index (κ1) is 17.7. The zero-order chi connectivity index (χ0) is 17.8. The second kappa shape index (κ2) is 7.87. The van der Waals surface area contributed by atoms with Gasteiger partial charge in [-0.05, 0) is 44.4 Å². The van der Waals surface area contributed by atoms with E-state index in [9.17, 15) is 9.59 Å². The molecule has 2 aromatic rings. The van der Waals surface area contributed by atoms with Gasteiger partial charge in [0.05, 0.1) is 12.1 Å². The van der Waals surface area contributed by atoms with Crippen molar-refractivity contribution in [1.29, 1.82) is 0 Å². The molecule has 3 rings (SSSR count). The summed E-state index contributed by atoms with van der Waals surface area (Å²) in [5, 5.41) is 6.71. The van der Waals surface area contributed by atoms with Gasteiger partial charge in [0.25, 0.3) is 5.91 Å². The van der Waals surface area contributed by atoms with Gasteiger partial charge in [0.2, 0.25) is 5.91 Å². The van der Waals surface area contributed by atoms with E-state index in [1.54, 1.807) is 11.3 Å². The molecule has 1 aliphatic carbocycles. The lowest BCUT2D eigenvalue weighted by molar-refractivity contribution is -0.121. The minimum Gasteiger partial charge on any atom is -0.352 e. The van der Waals surface area contributed by atoms with E-state index >= 15 is 0 Å². The summed E-state index contributed by atoms with van der Waals surface area (Å²) in [5.41, 5.74) is 1.63. The van der Waals surface area contributed by atoms with Crippen LogP contribution in [0.15, 0.2) is 24.5 Å². The van der Waals surface area contributed by atoms with Crippen molar-refractivity contribution in [2.45, 2.75) is 52.0 Å². The van der Waals surface area contributed by atoms with Gasteiger partial charge in [0, 0.05) is 23.3 Å². The third kappa shape index (κ3) is 4.12. The standard InChI is InChI=1S/C19H25N3O2S/c1-13-14(2)25-19(22-10-6-7-11-22)17(13)18(24)20-12-16(23)21-15-8-4-3-5-9-15/h6-7,10-11,15H,3-5,8-9,12H2,1-2H3,(H,20,24)(H,21,23). The highest BCUT2D eigenvalue weighted by molar-refractivity contribution is 7.15. The Morgan fingerprint density at radius 1 is 1.16 bits per heavy atom. The van der Waals surface area contributed by atoms with Crippen molar-refractivity contribution < 1.29 is 9.59 Å². The van der Waals surface area contributed by atoms with Gasteiger partial charge in [-0.3, -0.25) is 9.59 Å². The van der Waals surface area contributed by atoms with Crippen LogP contribution >= 0.6 is 11.3 Å². The number of nitrogens with zero attached hydrogens (tertiary/aromatic N) is 1. The fraction of sp³-hybridized carbons (Fsp3) is 0.474. The number of hydrogen-bond acceptors (Lipinski definition) is 3. The van der Waals surface area contributed by atoms with E-state index in [1.807, 2.05) is 42.9 Å². The van der Waals surface area contributed by atoms with Crippen LogP contribution in [-0.4, -0.2) is 29.0 Å². The minimum atomic E-state index is -0.190. The van der Waals surface area contributed by atoms with Gasteiger partial charge in [-0.15, -0.1) is 11.3 Å². The summed E-state index contributed by atoms with van der Waals surface area (Å²) in [7, 11) is 0. The van der Waals surface area contributed by atoms with E-state index in [0.29, 0.717) is 5.56 Å². The van der Waals surface area contributed by atoms with E-state index in [2.05, 4.69) is 10.6 Å². The summed E-state index contributed by atoms with van der Waals surface area (Å²) in [6, 6.07) is 4.13. The normalized spacial score (nSPS) is 15.1. The van der Waals surface area contributed by atoms with Crippen molar-refractivity contribution in [1.82, 2.24) is 15.2 Å². The van der Waals surface area contributed by atoms with Gasteiger partial charge in [0.15, 0.2) is 0 Å². The Hall–Kier alpha value is -2.08. The van der Waals surface area contributed by atoms with Crippen molar-refractivity contribution >= 4 is 23.2 Å². The fourth-order valence-electron chi connectivity index (χ4n) is 3.30. The van der Waals surface area contributed by atoms with E-state index < -0.39 is 0 Å². The molecule has 0 unspecified atom stereocenters. The first-order chi connectivity index (χ1) is 12.1. The van der Waals surface area contributed by atoms with Crippen molar-refractivity contribution in [2.24, 2.45) is 0 Å². The summed E-state index contributed by atoms with van der Waals surface area (Å²) < 4.78 is 1.95. The maximum absolute atomic E-state index is 12.7. The van der Waals surface area contributed by atoms with Crippen LogP contribution in [0.25, 0.3) is 5.00 Å². The van der Waals surface area contributed by atoms with Crippen molar-refractivity contribution in [3.63, 3.8) is 0 Å². The Labute approximate surface area is 152 Å². The van der Waals surface area contributed by atoms with Crippen LogP contribution in [0.1, 0.15) is 52.9 Å². The van der Waals surface area contributed by atoms with Crippen LogP contribution in [0.4, 0.5) is 0 Å². The molecule has 0 aromatic carbocycles. The Kier molecular flexibility index (Phi) is 5.58. The zero-order valence-corrected chi connectivity index (χ0v) is 15.6. The molecule has 1 fully saturated rings. The molecular formula is C19H25N3O2S. The van der Waals surface area contributed by atoms with Crippen LogP contribution in [-0.2, 0) is 4.79 Å². The molecule has 0 radical (unpaired) electrons. The van der Waals surface area contributed by atoms with Gasteiger partial charge < -0.3 is 15.2 Å². The average molecular weight is 359 g/mol. The number of rotatable bonds is 5. The summed E-state index contributed by atoms with van der Waals surface area (Å²) >= 11 is 1.59. The molecular weight excluding hydrogens is 334 g/mol. The average Bonchev–Trinajstić information content (AvgIpc) is 3.23. The van der Waals surface area contributed by atoms with Crippen molar-refractivity contribution in [3.8, 4) is 5.00 Å². The van der Waals surface area contributed by atoms with E-state index in [4.69, 9.17) is 0 Å². The molecule has 0 spiro atoms. The molecule has 1 saturated carbocycles. The molecule has 0 atom stereocenters. The van der Waals surface area contributed by atoms with Gasteiger partial charge >= 0.3 is 0 Å². The molecule has 5 nitrogen and oxygen atoms in total. The summed E-state index contributed by atoms with van der Waals surface area (Å²) in [4.78, 5) is 25.9. The van der Waals surface area contributed by atoms with Crippen LogP contribution in [0.5, 0.6) is 0 Å². The first-order valence-electron chi connectivity index (χ1n) is 8.87. The van der Waals surface area contributed by atoms with Gasteiger partial charge in [-0.1, -0.05) is 19.3 Å². The smallest absolute Gasteiger partial charge is 0.255 e. The molecule has 2 amide bonds. The summed E-state index contributed by atoms with van der Waals surface area (Å²) in [5.74, 6) is -0.295. The van der Waals surface area contributed by atoms with Crippen LogP contribution in [0.3, 0.4) is 0 Å². The van der Waals surface area contributed by atoms with Crippen LogP contribution in [0.2, 0.25) is 0 Å². The van der Waals surface area contributed by atoms with Crippen molar-refractivity contribution in [3.05, 3.63) is 40.5 Å². The quantitative estimate of drug-likeness (QED) is 0.860. The number of hydrogen-bond donors (Lipinski definition) is 2. The number of carbonyl (C=O) groups is 2. The topological polar surface area (TPSA) is 63.1 Å². The van der Waals surface area contributed by atoms with Crippen LogP contribution < -0.4 is 10.6 Å². The number of nitrogens with one attached hydrogen (secondary N) is 2. The maximum atomic E-state index is 12.7. The highest BCUT2D eigenvalue weighted by Gasteiger charge is 2.21. The number of carbonyl (C=O) groups excluding carboxylic acids is 2.